The van der Waals surface area contributed by atoms with Gasteiger partial charge in [-0.15, -0.1) is 0 Å². The minimum absolute atomic E-state index is 0.117. The van der Waals surface area contributed by atoms with Crippen molar-refractivity contribution in [2.24, 2.45) is 0 Å². The Morgan fingerprint density at radius 2 is 1.65 bits per heavy atom. The predicted octanol–water partition coefficient (Wildman–Crippen LogP) is 3.30. The highest BCUT2D eigenvalue weighted by Crippen LogP contribution is 2.25. The van der Waals surface area contributed by atoms with Crippen LogP contribution in [0.4, 0.5) is 5.82 Å². The molecular weight excluding hydrogens is 216 g/mol. The first-order valence-corrected chi connectivity index (χ1v) is 5.18. The summed E-state index contributed by atoms with van der Waals surface area (Å²) in [7, 11) is 0. The van der Waals surface area contributed by atoms with E-state index in [9.17, 15) is 10.1 Å². The Hall–Kier alpha value is -2.49. The van der Waals surface area contributed by atoms with E-state index in [2.05, 4.69) is 4.98 Å². The Bertz CT molecular complexity index is 738. The third kappa shape index (κ3) is 1.50. The van der Waals surface area contributed by atoms with E-state index in [0.717, 1.165) is 16.2 Å². The first-order valence-electron chi connectivity index (χ1n) is 5.18. The highest BCUT2D eigenvalue weighted by molar-refractivity contribution is 6.05. The van der Waals surface area contributed by atoms with Crippen LogP contribution in [0.5, 0.6) is 0 Å². The van der Waals surface area contributed by atoms with Crippen LogP contribution in [0.2, 0.25) is 0 Å². The second kappa shape index (κ2) is 3.52. The Kier molecular flexibility index (Phi) is 2.01. The van der Waals surface area contributed by atoms with Crippen LogP contribution in [-0.4, -0.2) is 9.91 Å². The lowest BCUT2D eigenvalue weighted by Crippen LogP contribution is -1.92. The lowest BCUT2D eigenvalue weighted by Gasteiger charge is -1.99. The molecule has 0 N–H and O–H groups in total. The molecule has 3 rings (SSSR count). The van der Waals surface area contributed by atoms with Crippen LogP contribution in [0.3, 0.4) is 0 Å². The zero-order chi connectivity index (χ0) is 11.8. The zero-order valence-electron chi connectivity index (χ0n) is 8.83. The largest absolute Gasteiger partial charge is 0.364 e. The van der Waals surface area contributed by atoms with Gasteiger partial charge in [-0.3, -0.25) is 0 Å². The number of hydrogen-bond donors (Lipinski definition) is 0. The summed E-state index contributed by atoms with van der Waals surface area (Å²) in [5.41, 5.74) is 0.678. The predicted molar refractivity (Wildman–Crippen MR) is 65.9 cm³/mol. The summed E-state index contributed by atoms with van der Waals surface area (Å²) in [6.07, 6.45) is 0. The number of benzene rings is 2. The Morgan fingerprint density at radius 3 is 2.47 bits per heavy atom. The van der Waals surface area contributed by atoms with Gasteiger partial charge >= 0.3 is 5.82 Å². The fourth-order valence-corrected chi connectivity index (χ4v) is 1.95. The topological polar surface area (TPSA) is 56.0 Å². The van der Waals surface area contributed by atoms with Crippen molar-refractivity contribution >= 4 is 27.5 Å². The molecule has 0 unspecified atom stereocenters. The minimum atomic E-state index is -0.471. The molecule has 4 nitrogen and oxygen atoms in total. The van der Waals surface area contributed by atoms with Gasteiger partial charge in [-0.2, -0.15) is 0 Å². The van der Waals surface area contributed by atoms with Gasteiger partial charge in [-0.25, -0.2) is 0 Å². The van der Waals surface area contributed by atoms with Crippen molar-refractivity contribution in [3.8, 4) is 0 Å². The SMILES string of the molecule is O=[N+]([O-])c1ccc2ccc3ccccc3c2n1. The number of aromatic nitrogens is 1. The van der Waals surface area contributed by atoms with Gasteiger partial charge in [0.1, 0.15) is 0 Å². The van der Waals surface area contributed by atoms with Gasteiger partial charge in [0.15, 0.2) is 5.52 Å². The van der Waals surface area contributed by atoms with Crippen molar-refractivity contribution < 1.29 is 4.92 Å². The normalized spacial score (nSPS) is 10.8. The molecule has 0 saturated heterocycles. The monoisotopic (exact) mass is 224 g/mol. The third-order valence-electron chi connectivity index (χ3n) is 2.76. The van der Waals surface area contributed by atoms with E-state index in [0.29, 0.717) is 5.52 Å². The molecule has 0 aliphatic heterocycles. The molecule has 2 aromatic carbocycles. The van der Waals surface area contributed by atoms with Crippen LogP contribution in [0.15, 0.2) is 48.5 Å². The van der Waals surface area contributed by atoms with Crippen molar-refractivity contribution in [3.63, 3.8) is 0 Å². The number of nitrogens with zero attached hydrogens (tertiary/aromatic N) is 2. The molecule has 0 amide bonds. The molecule has 0 radical (unpaired) electrons. The molecule has 1 aromatic heterocycles. The Morgan fingerprint density at radius 1 is 0.941 bits per heavy atom. The molecule has 0 spiro atoms. The maximum atomic E-state index is 10.7. The average molecular weight is 224 g/mol. The van der Waals surface area contributed by atoms with E-state index < -0.39 is 4.92 Å². The summed E-state index contributed by atoms with van der Waals surface area (Å²) in [5.74, 6) is -0.117. The summed E-state index contributed by atoms with van der Waals surface area (Å²) < 4.78 is 0. The number of nitro groups is 1. The van der Waals surface area contributed by atoms with Crippen molar-refractivity contribution in [1.82, 2.24) is 4.98 Å². The van der Waals surface area contributed by atoms with Crippen LogP contribution in [-0.2, 0) is 0 Å². The van der Waals surface area contributed by atoms with Crippen LogP contribution in [0, 0.1) is 10.1 Å². The van der Waals surface area contributed by atoms with E-state index in [-0.39, 0.29) is 5.82 Å². The summed E-state index contributed by atoms with van der Waals surface area (Å²) in [6, 6.07) is 14.8. The average Bonchev–Trinajstić information content (AvgIpc) is 2.38. The smallest absolute Gasteiger partial charge is 0.358 e. The first-order chi connectivity index (χ1) is 8.25. The summed E-state index contributed by atoms with van der Waals surface area (Å²) in [6.45, 7) is 0. The molecule has 0 aliphatic carbocycles. The summed E-state index contributed by atoms with van der Waals surface area (Å²) in [4.78, 5) is 14.4. The van der Waals surface area contributed by atoms with E-state index in [1.807, 2.05) is 36.4 Å². The molecule has 82 valence electrons. The zero-order valence-corrected chi connectivity index (χ0v) is 8.83. The summed E-state index contributed by atoms with van der Waals surface area (Å²) >= 11 is 0. The van der Waals surface area contributed by atoms with E-state index in [1.54, 1.807) is 6.07 Å². The number of hydrogen-bond acceptors (Lipinski definition) is 3. The van der Waals surface area contributed by atoms with Gasteiger partial charge in [0.2, 0.25) is 0 Å². The molecule has 0 bridgehead atoms. The van der Waals surface area contributed by atoms with Crippen molar-refractivity contribution in [1.29, 1.82) is 0 Å². The summed E-state index contributed by atoms with van der Waals surface area (Å²) in [5, 5.41) is 13.6. The second-order valence-corrected chi connectivity index (χ2v) is 3.78. The second-order valence-electron chi connectivity index (χ2n) is 3.78. The molecule has 0 atom stereocenters. The fourth-order valence-electron chi connectivity index (χ4n) is 1.95. The number of fused-ring (bicyclic) bond motifs is 3. The minimum Gasteiger partial charge on any atom is -0.358 e. The highest BCUT2D eigenvalue weighted by Gasteiger charge is 2.11. The van der Waals surface area contributed by atoms with Gasteiger partial charge < -0.3 is 10.1 Å². The molecule has 4 heteroatoms. The maximum absolute atomic E-state index is 10.7. The van der Waals surface area contributed by atoms with Crippen LogP contribution >= 0.6 is 0 Å². The van der Waals surface area contributed by atoms with Gasteiger partial charge in [0, 0.05) is 16.8 Å². The first kappa shape index (κ1) is 9.72. The van der Waals surface area contributed by atoms with Crippen LogP contribution in [0.1, 0.15) is 0 Å². The Balaban J connectivity index is 2.46. The maximum Gasteiger partial charge on any atom is 0.364 e. The van der Waals surface area contributed by atoms with Crippen molar-refractivity contribution in [3.05, 3.63) is 58.6 Å². The molecule has 0 fully saturated rings. The van der Waals surface area contributed by atoms with E-state index in [1.165, 1.54) is 6.07 Å². The van der Waals surface area contributed by atoms with E-state index in [4.69, 9.17) is 0 Å². The van der Waals surface area contributed by atoms with Gasteiger partial charge in [0.25, 0.3) is 0 Å². The standard InChI is InChI=1S/C13H8N2O2/c16-15(17)12-8-7-10-6-5-9-3-1-2-4-11(9)13(10)14-12/h1-8H. The molecule has 17 heavy (non-hydrogen) atoms. The van der Waals surface area contributed by atoms with Crippen molar-refractivity contribution in [2.75, 3.05) is 0 Å². The fraction of sp³-hybridized carbons (Fsp3) is 0. The van der Waals surface area contributed by atoms with Gasteiger partial charge in [-0.05, 0) is 33.5 Å². The van der Waals surface area contributed by atoms with E-state index >= 15 is 0 Å². The van der Waals surface area contributed by atoms with Crippen LogP contribution in [0.25, 0.3) is 21.7 Å². The lowest BCUT2D eigenvalue weighted by molar-refractivity contribution is -0.389. The molecule has 0 saturated carbocycles. The quantitative estimate of drug-likeness (QED) is 0.362. The third-order valence-corrected chi connectivity index (χ3v) is 2.76. The molecule has 3 aromatic rings. The van der Waals surface area contributed by atoms with Gasteiger partial charge in [0.05, 0.1) is 0 Å². The van der Waals surface area contributed by atoms with Crippen molar-refractivity contribution in [2.45, 2.75) is 0 Å². The highest BCUT2D eigenvalue weighted by atomic mass is 16.6. The molecular formula is C13H8N2O2. The molecule has 1 heterocycles. The molecule has 0 aliphatic rings. The lowest BCUT2D eigenvalue weighted by atomic mass is 10.1. The number of rotatable bonds is 1. The van der Waals surface area contributed by atoms with Gasteiger partial charge in [-0.1, -0.05) is 24.3 Å². The number of pyridine rings is 1. The van der Waals surface area contributed by atoms with Crippen LogP contribution < -0.4 is 0 Å². The Labute approximate surface area is 96.7 Å².